The first-order valence-electron chi connectivity index (χ1n) is 5.19. The van der Waals surface area contributed by atoms with Gasteiger partial charge in [0.15, 0.2) is 0 Å². The number of aromatic carboxylic acids is 1. The minimum Gasteiger partial charge on any atom is -0.478 e. The lowest BCUT2D eigenvalue weighted by molar-refractivity contribution is -0.143. The fourth-order valence-electron chi connectivity index (χ4n) is 1.46. The predicted molar refractivity (Wildman–Crippen MR) is 63.3 cm³/mol. The maximum absolute atomic E-state index is 11.4. The number of carboxylic acids is 1. The second-order valence-electron chi connectivity index (χ2n) is 3.93. The molecule has 5 nitrogen and oxygen atoms in total. The Morgan fingerprint density at radius 2 is 1.71 bits per heavy atom. The van der Waals surface area contributed by atoms with Gasteiger partial charge in [0.1, 0.15) is 0 Å². The van der Waals surface area contributed by atoms with Crippen molar-refractivity contribution in [3.63, 3.8) is 0 Å². The molecule has 0 saturated carbocycles. The van der Waals surface area contributed by atoms with Gasteiger partial charge in [-0.25, -0.2) is 9.80 Å². The van der Waals surface area contributed by atoms with Gasteiger partial charge in [0.25, 0.3) is 0 Å². The van der Waals surface area contributed by atoms with Gasteiger partial charge in [-0.05, 0) is 17.7 Å². The first-order chi connectivity index (χ1) is 7.91. The zero-order valence-corrected chi connectivity index (χ0v) is 10.2. The summed E-state index contributed by atoms with van der Waals surface area (Å²) in [7, 11) is 3.57. The van der Waals surface area contributed by atoms with E-state index in [-0.39, 0.29) is 11.5 Å². The molecule has 0 unspecified atom stereocenters. The van der Waals surface area contributed by atoms with Crippen molar-refractivity contribution in [1.29, 1.82) is 0 Å². The van der Waals surface area contributed by atoms with Gasteiger partial charge in [-0.3, -0.25) is 9.80 Å². The van der Waals surface area contributed by atoms with E-state index in [0.29, 0.717) is 6.54 Å². The van der Waals surface area contributed by atoms with Crippen molar-refractivity contribution in [2.24, 2.45) is 0 Å². The van der Waals surface area contributed by atoms with Crippen LogP contribution in [0.1, 0.15) is 22.8 Å². The number of hydrogen-bond donors (Lipinski definition) is 1. The Kier molecular flexibility index (Phi) is 4.23. The van der Waals surface area contributed by atoms with Gasteiger partial charge in [-0.1, -0.05) is 12.1 Å². The Labute approximate surface area is 100 Å². The third-order valence-electron chi connectivity index (χ3n) is 2.38. The number of hydrogen-bond acceptors (Lipinski definition) is 3. The van der Waals surface area contributed by atoms with Crippen molar-refractivity contribution < 1.29 is 14.7 Å². The summed E-state index contributed by atoms with van der Waals surface area (Å²) in [5.74, 6) is -1.01. The van der Waals surface area contributed by atoms with Crippen LogP contribution in [-0.4, -0.2) is 41.1 Å². The molecule has 17 heavy (non-hydrogen) atoms. The molecule has 1 amide bonds. The smallest absolute Gasteiger partial charge is 0.335 e. The summed E-state index contributed by atoms with van der Waals surface area (Å²) in [4.78, 5) is 22.0. The van der Waals surface area contributed by atoms with E-state index in [1.165, 1.54) is 19.1 Å². The quantitative estimate of drug-likeness (QED) is 0.798. The topological polar surface area (TPSA) is 60.9 Å². The third kappa shape index (κ3) is 3.57. The van der Waals surface area contributed by atoms with Gasteiger partial charge in [0, 0.05) is 21.0 Å². The highest BCUT2D eigenvalue weighted by molar-refractivity contribution is 5.87. The molecule has 0 aromatic heterocycles. The zero-order valence-electron chi connectivity index (χ0n) is 10.2. The average molecular weight is 236 g/mol. The molecule has 1 N–H and O–H groups in total. The molecule has 0 bridgehead atoms. The average Bonchev–Trinajstić information content (AvgIpc) is 2.25. The van der Waals surface area contributed by atoms with Crippen molar-refractivity contribution in [2.45, 2.75) is 13.5 Å². The number of hydrazine groups is 1. The fourth-order valence-corrected chi connectivity index (χ4v) is 1.46. The lowest BCUT2D eigenvalue weighted by atomic mass is 10.1. The largest absolute Gasteiger partial charge is 0.478 e. The van der Waals surface area contributed by atoms with E-state index in [1.807, 2.05) is 0 Å². The highest BCUT2D eigenvalue weighted by atomic mass is 16.4. The van der Waals surface area contributed by atoms with E-state index in [4.69, 9.17) is 5.11 Å². The molecule has 0 fully saturated rings. The van der Waals surface area contributed by atoms with Crippen LogP contribution in [0.2, 0.25) is 0 Å². The Morgan fingerprint density at radius 1 is 1.18 bits per heavy atom. The first-order valence-corrected chi connectivity index (χ1v) is 5.19. The molecular weight excluding hydrogens is 220 g/mol. The molecule has 0 saturated heterocycles. The number of nitrogens with zero attached hydrogens (tertiary/aromatic N) is 2. The monoisotopic (exact) mass is 236 g/mol. The van der Waals surface area contributed by atoms with Gasteiger partial charge in [0.2, 0.25) is 5.91 Å². The number of carbonyl (C=O) groups excluding carboxylic acids is 1. The highest BCUT2D eigenvalue weighted by Crippen LogP contribution is 2.08. The van der Waals surface area contributed by atoms with Gasteiger partial charge in [-0.15, -0.1) is 0 Å². The summed E-state index contributed by atoms with van der Waals surface area (Å²) < 4.78 is 0. The van der Waals surface area contributed by atoms with Gasteiger partial charge >= 0.3 is 5.97 Å². The summed E-state index contributed by atoms with van der Waals surface area (Å²) in [5.41, 5.74) is 1.13. The minimum atomic E-state index is -0.951. The molecule has 5 heteroatoms. The molecule has 1 rings (SSSR count). The van der Waals surface area contributed by atoms with Gasteiger partial charge in [-0.2, -0.15) is 0 Å². The number of amides is 1. The number of carbonyl (C=O) groups is 2. The summed E-state index contributed by atoms with van der Waals surface area (Å²) >= 11 is 0. The van der Waals surface area contributed by atoms with E-state index in [0.717, 1.165) is 5.56 Å². The Balaban J connectivity index is 2.80. The first kappa shape index (κ1) is 13.2. The number of rotatable bonds is 4. The molecule has 0 aliphatic heterocycles. The maximum atomic E-state index is 11.4. The van der Waals surface area contributed by atoms with Crippen LogP contribution in [0.5, 0.6) is 0 Å². The van der Waals surface area contributed by atoms with Crippen LogP contribution in [0.15, 0.2) is 24.3 Å². The van der Waals surface area contributed by atoms with Crippen LogP contribution in [-0.2, 0) is 11.3 Å². The minimum absolute atomic E-state index is 0.0580. The molecular formula is C12H16N2O3. The Hall–Kier alpha value is -1.88. The molecule has 0 radical (unpaired) electrons. The second-order valence-corrected chi connectivity index (χ2v) is 3.93. The lowest BCUT2D eigenvalue weighted by Gasteiger charge is -2.27. The molecule has 0 spiro atoms. The van der Waals surface area contributed by atoms with Crippen molar-refractivity contribution in [3.8, 4) is 0 Å². The normalized spacial score (nSPS) is 10.4. The van der Waals surface area contributed by atoms with Crippen LogP contribution < -0.4 is 0 Å². The SMILES string of the molecule is CC(=O)N(Cc1ccc(C(=O)O)cc1)N(C)C. The fraction of sp³-hybridized carbons (Fsp3) is 0.333. The number of carboxylic acid groups (broad SMARTS) is 1. The molecule has 0 heterocycles. The Bertz CT molecular complexity index is 412. The zero-order chi connectivity index (χ0) is 13.0. The van der Waals surface area contributed by atoms with Crippen molar-refractivity contribution in [2.75, 3.05) is 14.1 Å². The Morgan fingerprint density at radius 3 is 2.06 bits per heavy atom. The molecule has 1 aromatic carbocycles. The van der Waals surface area contributed by atoms with Crippen LogP contribution in [0.4, 0.5) is 0 Å². The van der Waals surface area contributed by atoms with Crippen LogP contribution >= 0.6 is 0 Å². The van der Waals surface area contributed by atoms with Crippen LogP contribution in [0, 0.1) is 0 Å². The lowest BCUT2D eigenvalue weighted by Crippen LogP contribution is -2.39. The molecule has 0 aliphatic rings. The van der Waals surface area contributed by atoms with Gasteiger partial charge < -0.3 is 5.11 Å². The predicted octanol–water partition coefficient (Wildman–Crippen LogP) is 1.21. The van der Waals surface area contributed by atoms with Crippen molar-refractivity contribution >= 4 is 11.9 Å². The summed E-state index contributed by atoms with van der Waals surface area (Å²) in [6.07, 6.45) is 0. The van der Waals surface area contributed by atoms with E-state index < -0.39 is 5.97 Å². The van der Waals surface area contributed by atoms with Crippen LogP contribution in [0.3, 0.4) is 0 Å². The summed E-state index contributed by atoms with van der Waals surface area (Å²) in [6, 6.07) is 6.49. The molecule has 1 aromatic rings. The maximum Gasteiger partial charge on any atom is 0.335 e. The third-order valence-corrected chi connectivity index (χ3v) is 2.38. The number of benzene rings is 1. The van der Waals surface area contributed by atoms with Gasteiger partial charge in [0.05, 0.1) is 12.1 Å². The highest BCUT2D eigenvalue weighted by Gasteiger charge is 2.11. The van der Waals surface area contributed by atoms with Crippen LogP contribution in [0.25, 0.3) is 0 Å². The standard InChI is InChI=1S/C12H16N2O3/c1-9(15)14(13(2)3)8-10-4-6-11(7-5-10)12(16)17/h4-7H,8H2,1-3H3,(H,16,17). The van der Waals surface area contributed by atoms with Crippen molar-refractivity contribution in [3.05, 3.63) is 35.4 Å². The summed E-state index contributed by atoms with van der Waals surface area (Å²) in [5, 5.41) is 12.0. The molecule has 0 atom stereocenters. The molecule has 0 aliphatic carbocycles. The van der Waals surface area contributed by atoms with E-state index in [1.54, 1.807) is 36.2 Å². The van der Waals surface area contributed by atoms with Crippen molar-refractivity contribution in [1.82, 2.24) is 10.0 Å². The van der Waals surface area contributed by atoms with E-state index in [9.17, 15) is 9.59 Å². The summed E-state index contributed by atoms with van der Waals surface area (Å²) in [6.45, 7) is 1.92. The second kappa shape index (κ2) is 5.45. The molecule has 92 valence electrons. The van der Waals surface area contributed by atoms with E-state index in [2.05, 4.69) is 0 Å². The van der Waals surface area contributed by atoms with E-state index >= 15 is 0 Å².